The number of thioether (sulfide) groups is 1. The van der Waals surface area contributed by atoms with E-state index in [9.17, 15) is 4.79 Å². The fourth-order valence-electron chi connectivity index (χ4n) is 2.66. The van der Waals surface area contributed by atoms with E-state index in [1.807, 2.05) is 47.0 Å². The number of hydrogen-bond acceptors (Lipinski definition) is 4. The molecular weight excluding hydrogens is 294 g/mol. The molecule has 0 aliphatic carbocycles. The molecule has 1 aliphatic rings. The van der Waals surface area contributed by atoms with E-state index in [0.717, 1.165) is 24.4 Å². The molecule has 0 saturated carbocycles. The number of pyridine rings is 1. The number of aromatic nitrogens is 1. The van der Waals surface area contributed by atoms with Crippen LogP contribution in [0.3, 0.4) is 0 Å². The maximum atomic E-state index is 12.8. The third-order valence-electron chi connectivity index (χ3n) is 3.80. The Balaban J connectivity index is 1.93. The van der Waals surface area contributed by atoms with Crippen LogP contribution in [0.1, 0.15) is 17.3 Å². The lowest BCUT2D eigenvalue weighted by molar-refractivity contribution is 0.0764. The van der Waals surface area contributed by atoms with Crippen LogP contribution < -0.4 is 5.73 Å². The van der Waals surface area contributed by atoms with Crippen LogP contribution in [0, 0.1) is 0 Å². The molecule has 1 aliphatic heterocycles. The Labute approximate surface area is 134 Å². The van der Waals surface area contributed by atoms with E-state index in [-0.39, 0.29) is 5.91 Å². The minimum absolute atomic E-state index is 0.00392. The zero-order chi connectivity index (χ0) is 15.5. The molecule has 2 N–H and O–H groups in total. The van der Waals surface area contributed by atoms with Crippen molar-refractivity contribution in [2.24, 2.45) is 0 Å². The molecule has 1 fully saturated rings. The minimum atomic E-state index is 0.00392. The second kappa shape index (κ2) is 6.40. The summed E-state index contributed by atoms with van der Waals surface area (Å²) in [5.41, 5.74) is 8.85. The first-order chi connectivity index (χ1) is 10.7. The largest absolute Gasteiger partial charge is 0.396 e. The number of hydrogen-bond donors (Lipinski definition) is 1. The summed E-state index contributed by atoms with van der Waals surface area (Å²) >= 11 is 1.90. The van der Waals surface area contributed by atoms with E-state index in [4.69, 9.17) is 5.73 Å². The number of carbonyl (C=O) groups excluding carboxylic acids is 1. The Hall–Kier alpha value is -2.01. The maximum Gasteiger partial charge on any atom is 0.256 e. The average Bonchev–Trinajstić information content (AvgIpc) is 2.55. The molecule has 3 rings (SSSR count). The van der Waals surface area contributed by atoms with Gasteiger partial charge in [-0.25, -0.2) is 0 Å². The van der Waals surface area contributed by atoms with E-state index in [1.165, 1.54) is 0 Å². The third-order valence-corrected chi connectivity index (χ3v) is 4.93. The predicted molar refractivity (Wildman–Crippen MR) is 91.9 cm³/mol. The van der Waals surface area contributed by atoms with Gasteiger partial charge in [0.2, 0.25) is 0 Å². The van der Waals surface area contributed by atoms with Crippen molar-refractivity contribution in [3.05, 3.63) is 48.2 Å². The predicted octanol–water partition coefficient (Wildman–Crippen LogP) is 2.91. The first-order valence-corrected chi connectivity index (χ1v) is 8.42. The highest BCUT2D eigenvalue weighted by molar-refractivity contribution is 7.99. The normalized spacial score (nSPS) is 18.2. The number of amides is 1. The molecular formula is C17H19N3OS. The molecule has 1 atom stereocenters. The first kappa shape index (κ1) is 14.9. The Kier molecular flexibility index (Phi) is 4.34. The summed E-state index contributed by atoms with van der Waals surface area (Å²) in [5.74, 6) is 0.980. The van der Waals surface area contributed by atoms with Gasteiger partial charge in [0.1, 0.15) is 0 Å². The van der Waals surface area contributed by atoms with Gasteiger partial charge in [0.15, 0.2) is 0 Å². The summed E-state index contributed by atoms with van der Waals surface area (Å²) in [5, 5.41) is 0.467. The van der Waals surface area contributed by atoms with E-state index in [2.05, 4.69) is 11.9 Å². The quantitative estimate of drug-likeness (QED) is 0.926. The number of carbonyl (C=O) groups is 1. The number of nitrogens with zero attached hydrogens (tertiary/aromatic N) is 2. The second-order valence-corrected chi connectivity index (χ2v) is 6.97. The minimum Gasteiger partial charge on any atom is -0.396 e. The molecule has 114 valence electrons. The first-order valence-electron chi connectivity index (χ1n) is 7.37. The highest BCUT2D eigenvalue weighted by Crippen LogP contribution is 2.28. The number of benzene rings is 1. The zero-order valence-electron chi connectivity index (χ0n) is 12.5. The van der Waals surface area contributed by atoms with Crippen LogP contribution in [-0.2, 0) is 0 Å². The van der Waals surface area contributed by atoms with E-state index in [0.29, 0.717) is 22.2 Å². The van der Waals surface area contributed by atoms with Gasteiger partial charge in [0, 0.05) is 35.9 Å². The van der Waals surface area contributed by atoms with Crippen LogP contribution in [0.2, 0.25) is 0 Å². The molecule has 0 spiro atoms. The van der Waals surface area contributed by atoms with E-state index < -0.39 is 0 Å². The molecule has 0 radical (unpaired) electrons. The lowest BCUT2D eigenvalue weighted by atomic mass is 10.1. The number of anilines is 1. The monoisotopic (exact) mass is 313 g/mol. The Morgan fingerprint density at radius 1 is 1.32 bits per heavy atom. The van der Waals surface area contributed by atoms with Crippen LogP contribution in [0.4, 0.5) is 5.69 Å². The van der Waals surface area contributed by atoms with Gasteiger partial charge in [0.25, 0.3) is 5.91 Å². The standard InChI is InChI=1S/C17H19N3OS/c1-12-11-20(9-10-22-12)17(21)14-7-8-19-16(15(14)18)13-5-3-2-4-6-13/h2-8,12H,9-11,18H2,1H3. The second-order valence-electron chi connectivity index (χ2n) is 5.42. The molecule has 1 unspecified atom stereocenters. The van der Waals surface area contributed by atoms with Crippen molar-refractivity contribution in [1.82, 2.24) is 9.88 Å². The van der Waals surface area contributed by atoms with Gasteiger partial charge in [-0.05, 0) is 6.07 Å². The molecule has 5 heteroatoms. The third kappa shape index (κ3) is 2.95. The molecule has 1 amide bonds. The Bertz CT molecular complexity index is 675. The molecule has 22 heavy (non-hydrogen) atoms. The summed E-state index contributed by atoms with van der Waals surface area (Å²) in [6.45, 7) is 3.69. The Morgan fingerprint density at radius 3 is 2.82 bits per heavy atom. The van der Waals surface area contributed by atoms with E-state index >= 15 is 0 Å². The van der Waals surface area contributed by atoms with Crippen LogP contribution in [0.15, 0.2) is 42.6 Å². The average molecular weight is 313 g/mol. The van der Waals surface area contributed by atoms with Crippen molar-refractivity contribution in [3.63, 3.8) is 0 Å². The summed E-state index contributed by atoms with van der Waals surface area (Å²) in [6.07, 6.45) is 1.66. The van der Waals surface area contributed by atoms with Crippen molar-refractivity contribution < 1.29 is 4.79 Å². The summed E-state index contributed by atoms with van der Waals surface area (Å²) < 4.78 is 0. The highest BCUT2D eigenvalue weighted by atomic mass is 32.2. The van der Waals surface area contributed by atoms with Gasteiger partial charge in [-0.3, -0.25) is 9.78 Å². The van der Waals surface area contributed by atoms with Gasteiger partial charge in [-0.2, -0.15) is 11.8 Å². The molecule has 1 aromatic heterocycles. The lowest BCUT2D eigenvalue weighted by Crippen LogP contribution is -2.41. The maximum absolute atomic E-state index is 12.8. The number of rotatable bonds is 2. The van der Waals surface area contributed by atoms with Crippen molar-refractivity contribution in [3.8, 4) is 11.3 Å². The number of nitrogens with two attached hydrogens (primary N) is 1. The lowest BCUT2D eigenvalue weighted by Gasteiger charge is -2.31. The van der Waals surface area contributed by atoms with Crippen molar-refractivity contribution in [2.45, 2.75) is 12.2 Å². The fourth-order valence-corrected chi connectivity index (χ4v) is 3.67. The van der Waals surface area contributed by atoms with Crippen LogP contribution >= 0.6 is 11.8 Å². The summed E-state index contributed by atoms with van der Waals surface area (Å²) in [4.78, 5) is 19.0. The highest BCUT2D eigenvalue weighted by Gasteiger charge is 2.24. The molecule has 1 aromatic carbocycles. The van der Waals surface area contributed by atoms with Gasteiger partial charge < -0.3 is 10.6 Å². The van der Waals surface area contributed by atoms with Crippen molar-refractivity contribution in [1.29, 1.82) is 0 Å². The number of nitrogen functional groups attached to an aromatic ring is 1. The summed E-state index contributed by atoms with van der Waals surface area (Å²) in [7, 11) is 0. The van der Waals surface area contributed by atoms with Crippen molar-refractivity contribution in [2.75, 3.05) is 24.6 Å². The van der Waals surface area contributed by atoms with Gasteiger partial charge in [0.05, 0.1) is 16.9 Å². The molecule has 1 saturated heterocycles. The van der Waals surface area contributed by atoms with Gasteiger partial charge >= 0.3 is 0 Å². The summed E-state index contributed by atoms with van der Waals surface area (Å²) in [6, 6.07) is 11.4. The van der Waals surface area contributed by atoms with Crippen LogP contribution in [0.5, 0.6) is 0 Å². The van der Waals surface area contributed by atoms with Gasteiger partial charge in [-0.15, -0.1) is 0 Å². The smallest absolute Gasteiger partial charge is 0.256 e. The molecule has 2 heterocycles. The van der Waals surface area contributed by atoms with E-state index in [1.54, 1.807) is 12.3 Å². The topological polar surface area (TPSA) is 59.2 Å². The molecule has 4 nitrogen and oxygen atoms in total. The van der Waals surface area contributed by atoms with Gasteiger partial charge in [-0.1, -0.05) is 37.3 Å². The SMILES string of the molecule is CC1CN(C(=O)c2ccnc(-c3ccccc3)c2N)CCS1. The Morgan fingerprint density at radius 2 is 2.09 bits per heavy atom. The fraction of sp³-hybridized carbons (Fsp3) is 0.294. The molecule has 0 bridgehead atoms. The van der Waals surface area contributed by atoms with Crippen LogP contribution in [-0.4, -0.2) is 39.9 Å². The zero-order valence-corrected chi connectivity index (χ0v) is 13.3. The van der Waals surface area contributed by atoms with Crippen LogP contribution in [0.25, 0.3) is 11.3 Å². The van der Waals surface area contributed by atoms with Crippen molar-refractivity contribution >= 4 is 23.4 Å². The molecule has 2 aromatic rings.